The molecule has 0 rings (SSSR count). The molecule has 0 saturated carbocycles. The van der Waals surface area contributed by atoms with Crippen LogP contribution >= 0.6 is 0 Å². The van der Waals surface area contributed by atoms with Crippen LogP contribution in [0.15, 0.2) is 12.3 Å². The van der Waals surface area contributed by atoms with E-state index in [4.69, 9.17) is 0 Å². The molecule has 1 heteroatoms. The summed E-state index contributed by atoms with van der Waals surface area (Å²) in [5, 5.41) is 3.17. The molecule has 0 heterocycles. The van der Waals surface area contributed by atoms with Crippen LogP contribution in [-0.2, 0) is 0 Å². The van der Waals surface area contributed by atoms with Crippen LogP contribution in [0.4, 0.5) is 0 Å². The largest absolute Gasteiger partial charge is 0.389 e. The third kappa shape index (κ3) is 5.54. The molecule has 0 aromatic carbocycles. The Morgan fingerprint density at radius 2 is 2.12 bits per heavy atom. The molecule has 0 aliphatic rings. The Kier molecular flexibility index (Phi) is 4.42. The first-order valence-electron chi connectivity index (χ1n) is 3.18. The standard InChI is InChI=1S/C7H15N/c1-4-5-6-8-7(2)3/h5-8H,4H2,1-3H3/b6-5+. The Hall–Kier alpha value is -0.460. The second-order valence-corrected chi connectivity index (χ2v) is 2.13. The van der Waals surface area contributed by atoms with Crippen molar-refractivity contribution in [3.8, 4) is 0 Å². The molecule has 0 unspecified atom stereocenters. The van der Waals surface area contributed by atoms with Gasteiger partial charge in [-0.2, -0.15) is 0 Å². The van der Waals surface area contributed by atoms with E-state index in [1.807, 2.05) is 6.20 Å². The lowest BCUT2D eigenvalue weighted by Gasteiger charge is -2.01. The number of hydrogen-bond acceptors (Lipinski definition) is 1. The number of hydrogen-bond donors (Lipinski definition) is 1. The van der Waals surface area contributed by atoms with Gasteiger partial charge in [-0.1, -0.05) is 13.0 Å². The third-order valence-corrected chi connectivity index (χ3v) is 0.783. The quantitative estimate of drug-likeness (QED) is 0.589. The molecule has 1 nitrogen and oxygen atoms in total. The summed E-state index contributed by atoms with van der Waals surface area (Å²) in [6.07, 6.45) is 5.23. The lowest BCUT2D eigenvalue weighted by molar-refractivity contribution is 0.700. The molecular weight excluding hydrogens is 98.1 g/mol. The van der Waals surface area contributed by atoms with Gasteiger partial charge in [0, 0.05) is 6.04 Å². The van der Waals surface area contributed by atoms with Crippen LogP contribution in [0.5, 0.6) is 0 Å². The van der Waals surface area contributed by atoms with Gasteiger partial charge in [-0.15, -0.1) is 0 Å². The molecule has 0 fully saturated rings. The molecule has 0 radical (unpaired) electrons. The van der Waals surface area contributed by atoms with Gasteiger partial charge >= 0.3 is 0 Å². The van der Waals surface area contributed by atoms with Gasteiger partial charge in [-0.25, -0.2) is 0 Å². The molecule has 0 aliphatic carbocycles. The highest BCUT2D eigenvalue weighted by atomic mass is 14.9. The van der Waals surface area contributed by atoms with Gasteiger partial charge in [-0.05, 0) is 26.5 Å². The van der Waals surface area contributed by atoms with E-state index in [9.17, 15) is 0 Å². The summed E-state index contributed by atoms with van der Waals surface area (Å²) >= 11 is 0. The minimum Gasteiger partial charge on any atom is -0.389 e. The highest BCUT2D eigenvalue weighted by molar-refractivity contribution is 4.78. The first kappa shape index (κ1) is 7.54. The maximum absolute atomic E-state index is 3.17. The van der Waals surface area contributed by atoms with Crippen molar-refractivity contribution >= 4 is 0 Å². The van der Waals surface area contributed by atoms with Crippen LogP contribution in [0.3, 0.4) is 0 Å². The van der Waals surface area contributed by atoms with Crippen molar-refractivity contribution < 1.29 is 0 Å². The molecule has 0 atom stereocenters. The Bertz CT molecular complexity index is 64.8. The zero-order valence-corrected chi connectivity index (χ0v) is 5.94. The second-order valence-electron chi connectivity index (χ2n) is 2.13. The molecule has 0 saturated heterocycles. The smallest absolute Gasteiger partial charge is 0.0199 e. The van der Waals surface area contributed by atoms with Crippen LogP contribution in [-0.4, -0.2) is 6.04 Å². The summed E-state index contributed by atoms with van der Waals surface area (Å²) in [5.41, 5.74) is 0. The SMILES string of the molecule is CC/C=C/NC(C)C. The fourth-order valence-corrected chi connectivity index (χ4v) is 0.378. The maximum Gasteiger partial charge on any atom is 0.0199 e. The van der Waals surface area contributed by atoms with Crippen LogP contribution in [0.2, 0.25) is 0 Å². The zero-order chi connectivity index (χ0) is 6.41. The average molecular weight is 113 g/mol. The molecule has 0 aliphatic heterocycles. The Labute approximate surface area is 51.8 Å². The number of nitrogens with one attached hydrogen (secondary N) is 1. The van der Waals surface area contributed by atoms with E-state index >= 15 is 0 Å². The summed E-state index contributed by atoms with van der Waals surface area (Å²) in [7, 11) is 0. The van der Waals surface area contributed by atoms with Gasteiger partial charge < -0.3 is 5.32 Å². The van der Waals surface area contributed by atoms with Crippen LogP contribution in [0.25, 0.3) is 0 Å². The van der Waals surface area contributed by atoms with E-state index in [-0.39, 0.29) is 0 Å². The normalized spacial score (nSPS) is 11.0. The Balaban J connectivity index is 3.03. The summed E-state index contributed by atoms with van der Waals surface area (Å²) in [5.74, 6) is 0. The summed E-state index contributed by atoms with van der Waals surface area (Å²) < 4.78 is 0. The molecular formula is C7H15N. The molecule has 48 valence electrons. The van der Waals surface area contributed by atoms with Gasteiger partial charge in [0.2, 0.25) is 0 Å². The molecule has 0 aromatic rings. The minimum atomic E-state index is 0.567. The highest BCUT2D eigenvalue weighted by Crippen LogP contribution is 1.78. The van der Waals surface area contributed by atoms with E-state index in [2.05, 4.69) is 32.2 Å². The maximum atomic E-state index is 3.17. The van der Waals surface area contributed by atoms with Crippen molar-refractivity contribution in [2.45, 2.75) is 33.2 Å². The van der Waals surface area contributed by atoms with E-state index in [0.717, 1.165) is 6.42 Å². The van der Waals surface area contributed by atoms with E-state index in [1.165, 1.54) is 0 Å². The van der Waals surface area contributed by atoms with Crippen molar-refractivity contribution in [3.63, 3.8) is 0 Å². The van der Waals surface area contributed by atoms with Crippen LogP contribution in [0, 0.1) is 0 Å². The predicted molar refractivity (Wildman–Crippen MR) is 37.7 cm³/mol. The minimum absolute atomic E-state index is 0.567. The zero-order valence-electron chi connectivity index (χ0n) is 5.94. The monoisotopic (exact) mass is 113 g/mol. The Morgan fingerprint density at radius 1 is 1.50 bits per heavy atom. The van der Waals surface area contributed by atoms with Gasteiger partial charge in [0.05, 0.1) is 0 Å². The summed E-state index contributed by atoms with van der Waals surface area (Å²) in [6, 6.07) is 0.567. The summed E-state index contributed by atoms with van der Waals surface area (Å²) in [6.45, 7) is 6.37. The first-order valence-corrected chi connectivity index (χ1v) is 3.18. The van der Waals surface area contributed by atoms with E-state index in [1.54, 1.807) is 0 Å². The van der Waals surface area contributed by atoms with E-state index in [0.29, 0.717) is 6.04 Å². The van der Waals surface area contributed by atoms with Crippen molar-refractivity contribution in [1.82, 2.24) is 5.32 Å². The van der Waals surface area contributed by atoms with Gasteiger partial charge in [0.15, 0.2) is 0 Å². The van der Waals surface area contributed by atoms with Crippen molar-refractivity contribution in [2.75, 3.05) is 0 Å². The van der Waals surface area contributed by atoms with Gasteiger partial charge in [0.25, 0.3) is 0 Å². The topological polar surface area (TPSA) is 12.0 Å². The van der Waals surface area contributed by atoms with Crippen LogP contribution in [0.1, 0.15) is 27.2 Å². The number of rotatable bonds is 3. The highest BCUT2D eigenvalue weighted by Gasteiger charge is 1.80. The predicted octanol–water partition coefficient (Wildman–Crippen LogP) is 1.91. The molecule has 0 amide bonds. The number of allylic oxidation sites excluding steroid dienone is 1. The third-order valence-electron chi connectivity index (χ3n) is 0.783. The average Bonchev–Trinajstić information content (AvgIpc) is 1.66. The molecule has 0 aromatic heterocycles. The molecule has 0 bridgehead atoms. The summed E-state index contributed by atoms with van der Waals surface area (Å²) in [4.78, 5) is 0. The lowest BCUT2D eigenvalue weighted by atomic mass is 10.4. The van der Waals surface area contributed by atoms with Gasteiger partial charge in [-0.3, -0.25) is 0 Å². The fraction of sp³-hybridized carbons (Fsp3) is 0.714. The molecule has 1 N–H and O–H groups in total. The first-order chi connectivity index (χ1) is 3.77. The fourth-order valence-electron chi connectivity index (χ4n) is 0.378. The van der Waals surface area contributed by atoms with E-state index < -0.39 is 0 Å². The molecule has 0 spiro atoms. The van der Waals surface area contributed by atoms with Gasteiger partial charge in [0.1, 0.15) is 0 Å². The van der Waals surface area contributed by atoms with Crippen LogP contribution < -0.4 is 5.32 Å². The van der Waals surface area contributed by atoms with Crippen molar-refractivity contribution in [2.24, 2.45) is 0 Å². The van der Waals surface area contributed by atoms with Crippen molar-refractivity contribution in [3.05, 3.63) is 12.3 Å². The lowest BCUT2D eigenvalue weighted by Crippen LogP contribution is -2.14. The second kappa shape index (κ2) is 4.69. The molecule has 8 heavy (non-hydrogen) atoms. The Morgan fingerprint density at radius 3 is 2.50 bits per heavy atom. The van der Waals surface area contributed by atoms with Crippen molar-refractivity contribution in [1.29, 1.82) is 0 Å².